The van der Waals surface area contributed by atoms with E-state index in [1.807, 2.05) is 56.3 Å². The average Bonchev–Trinajstić information content (AvgIpc) is 3.89. The Bertz CT molecular complexity index is 2980. The fourth-order valence-electron chi connectivity index (χ4n) is 6.72. The quantitative estimate of drug-likeness (QED) is 0.0352. The van der Waals surface area contributed by atoms with Crippen molar-refractivity contribution < 1.29 is 23.2 Å². The highest BCUT2D eigenvalue weighted by molar-refractivity contribution is 7.86. The molecule has 7 rings (SSSR count). The molecular formula is C41H44Cl2N14O5S3. The first kappa shape index (κ1) is 47.2. The minimum absolute atomic E-state index is 0.00788. The molecule has 0 aliphatic rings. The third kappa shape index (κ3) is 11.4. The number of halogens is 2. The predicted molar refractivity (Wildman–Crippen MR) is 260 cm³/mol. The molecule has 65 heavy (non-hydrogen) atoms. The van der Waals surface area contributed by atoms with Crippen LogP contribution in [0.1, 0.15) is 27.7 Å². The molecule has 0 unspecified atom stereocenters. The molecule has 19 nitrogen and oxygen atoms in total. The van der Waals surface area contributed by atoms with Gasteiger partial charge in [0.15, 0.2) is 0 Å². The number of aromatic nitrogens is 5. The molecule has 0 atom stereocenters. The van der Waals surface area contributed by atoms with Gasteiger partial charge in [0.1, 0.15) is 21.8 Å². The van der Waals surface area contributed by atoms with Crippen LogP contribution in [0.15, 0.2) is 92.1 Å². The Hall–Kier alpha value is -5.72. The number of nitrogens with one attached hydrogen (secondary N) is 2. The number of thiazole rings is 2. The van der Waals surface area contributed by atoms with Crippen LogP contribution in [0.4, 0.5) is 62.2 Å². The maximum absolute atomic E-state index is 12.1. The summed E-state index contributed by atoms with van der Waals surface area (Å²) in [6, 6.07) is 19.3. The van der Waals surface area contributed by atoms with E-state index >= 15 is 0 Å². The Morgan fingerprint density at radius 2 is 1.14 bits per heavy atom. The Balaban J connectivity index is 1.31. The van der Waals surface area contributed by atoms with Gasteiger partial charge in [-0.15, -0.1) is 20.5 Å². The fraction of sp³-hybridized carbons (Fsp3) is 0.293. The molecule has 5 N–H and O–H groups in total. The maximum atomic E-state index is 12.1. The molecule has 0 aliphatic carbocycles. The number of nitrogens with zero attached hydrogens (tertiary/aromatic N) is 12. The SMILES string of the molecule is CCN(CC)c1ccc(/N=N/c2nc3ccc(Cl)cc3s2)c(Nc2nc(Nc3cc(N(CC)CC)ccc3/N=N/c3nc4c(S(=O)(=O)O)cc(Cl)cc4s3)nc(N(CCO)CCO)n2)c1. The van der Waals surface area contributed by atoms with E-state index in [0.29, 0.717) is 50.7 Å². The molecule has 0 aliphatic heterocycles. The second-order valence-corrected chi connectivity index (χ2v) is 18.2. The smallest absolute Gasteiger partial charge is 0.296 e. The van der Waals surface area contributed by atoms with E-state index in [0.717, 1.165) is 52.1 Å². The number of rotatable bonds is 20. The highest BCUT2D eigenvalue weighted by Crippen LogP contribution is 2.39. The van der Waals surface area contributed by atoms with Gasteiger partial charge < -0.3 is 35.5 Å². The Labute approximate surface area is 392 Å². The summed E-state index contributed by atoms with van der Waals surface area (Å²) in [5.41, 5.74) is 4.30. The van der Waals surface area contributed by atoms with E-state index in [1.165, 1.54) is 17.4 Å². The molecule has 7 aromatic rings. The van der Waals surface area contributed by atoms with E-state index in [2.05, 4.69) is 64.7 Å². The molecule has 0 spiro atoms. The van der Waals surface area contributed by atoms with Crippen LogP contribution < -0.4 is 25.3 Å². The minimum atomic E-state index is -4.64. The summed E-state index contributed by atoms with van der Waals surface area (Å²) < 4.78 is 35.4. The van der Waals surface area contributed by atoms with Gasteiger partial charge in [0, 0.05) is 60.7 Å². The zero-order valence-corrected chi connectivity index (χ0v) is 39.5. The van der Waals surface area contributed by atoms with Gasteiger partial charge in [-0.25, -0.2) is 9.97 Å². The predicted octanol–water partition coefficient (Wildman–Crippen LogP) is 10.4. The van der Waals surface area contributed by atoms with E-state index < -0.39 is 15.0 Å². The lowest BCUT2D eigenvalue weighted by Crippen LogP contribution is -2.31. The number of anilines is 7. The molecule has 0 radical (unpaired) electrons. The summed E-state index contributed by atoms with van der Waals surface area (Å²) >= 11 is 14.8. The lowest BCUT2D eigenvalue weighted by atomic mass is 10.2. The highest BCUT2D eigenvalue weighted by atomic mass is 35.5. The first-order valence-corrected chi connectivity index (χ1v) is 24.2. The fourth-order valence-corrected chi connectivity index (χ4v) is 9.73. The third-order valence-corrected chi connectivity index (χ3v) is 13.0. The average molecular weight is 980 g/mol. The van der Waals surface area contributed by atoms with Crippen molar-refractivity contribution in [1.82, 2.24) is 24.9 Å². The molecule has 24 heteroatoms. The van der Waals surface area contributed by atoms with E-state index in [1.54, 1.807) is 17.0 Å². The third-order valence-electron chi connectivity index (χ3n) is 9.87. The first-order valence-electron chi connectivity index (χ1n) is 20.3. The zero-order valence-electron chi connectivity index (χ0n) is 35.5. The van der Waals surface area contributed by atoms with E-state index in [9.17, 15) is 23.2 Å². The molecule has 0 amide bonds. The van der Waals surface area contributed by atoms with Gasteiger partial charge in [0.05, 0.1) is 39.5 Å². The number of aliphatic hydroxyl groups is 2. The molecule has 0 fully saturated rings. The van der Waals surface area contributed by atoms with Crippen molar-refractivity contribution in [1.29, 1.82) is 0 Å². The maximum Gasteiger partial charge on any atom is 0.296 e. The van der Waals surface area contributed by atoms with Crippen molar-refractivity contribution in [2.24, 2.45) is 20.5 Å². The van der Waals surface area contributed by atoms with Gasteiger partial charge in [-0.2, -0.15) is 23.4 Å². The van der Waals surface area contributed by atoms with E-state index in [4.69, 9.17) is 38.2 Å². The topological polar surface area (TPSA) is 242 Å². The molecule has 0 saturated heterocycles. The molecule has 3 heterocycles. The van der Waals surface area contributed by atoms with Crippen molar-refractivity contribution in [2.45, 2.75) is 32.6 Å². The number of hydrogen-bond acceptors (Lipinski definition) is 20. The van der Waals surface area contributed by atoms with Crippen molar-refractivity contribution in [2.75, 3.05) is 77.8 Å². The summed E-state index contributed by atoms with van der Waals surface area (Å²) in [6.07, 6.45) is 0. The van der Waals surface area contributed by atoms with Crippen molar-refractivity contribution in [3.8, 4) is 0 Å². The van der Waals surface area contributed by atoms with Crippen LogP contribution in [0.25, 0.3) is 20.4 Å². The summed E-state index contributed by atoms with van der Waals surface area (Å²) in [4.78, 5) is 28.7. The molecule has 0 saturated carbocycles. The monoisotopic (exact) mass is 978 g/mol. The number of aliphatic hydroxyl groups excluding tert-OH is 2. The van der Waals surface area contributed by atoms with Crippen molar-refractivity contribution >= 4 is 139 Å². The number of azo groups is 2. The van der Waals surface area contributed by atoms with Gasteiger partial charge in [0.2, 0.25) is 28.1 Å². The molecule has 3 aromatic heterocycles. The second-order valence-electron chi connectivity index (χ2n) is 13.9. The Kier molecular flexibility index (Phi) is 15.3. The number of benzene rings is 4. The second kappa shape index (κ2) is 21.1. The summed E-state index contributed by atoms with van der Waals surface area (Å²) in [5, 5.41) is 45.8. The van der Waals surface area contributed by atoms with Gasteiger partial charge in [0.25, 0.3) is 10.1 Å². The van der Waals surface area contributed by atoms with E-state index in [-0.39, 0.29) is 59.8 Å². The van der Waals surface area contributed by atoms with Gasteiger partial charge in [-0.3, -0.25) is 4.55 Å². The standard InChI is InChI=1S/C41H44Cl2N14O5S3/c1-5-55(6-2)26-10-13-28(51-53-40-46-30-12-9-24(42)19-33(30)63-40)31(22-26)44-37-48-38(50-39(49-37)57(15-17-58)16-18-59)45-32-23-27(56(7-3)8-4)11-14-29(32)52-54-41-47-36-34(64-41)20-25(43)21-35(36)65(60,61)62/h9-14,19-23,58-59H,5-8,15-18H2,1-4H3,(H,60,61,62)(H2,44,45,48,49,50)/b53-51+,54-52+. The van der Waals surface area contributed by atoms with Crippen LogP contribution in [0.2, 0.25) is 10.0 Å². The molecule has 340 valence electrons. The van der Waals surface area contributed by atoms with Crippen LogP contribution in [0, 0.1) is 0 Å². The lowest BCUT2D eigenvalue weighted by molar-refractivity contribution is 0.280. The first-order chi connectivity index (χ1) is 31.3. The normalized spacial score (nSPS) is 12.0. The van der Waals surface area contributed by atoms with Crippen molar-refractivity contribution in [3.05, 3.63) is 76.8 Å². The largest absolute Gasteiger partial charge is 0.395 e. The zero-order chi connectivity index (χ0) is 46.3. The van der Waals surface area contributed by atoms with Gasteiger partial charge >= 0.3 is 0 Å². The molecule has 0 bridgehead atoms. The molecular weight excluding hydrogens is 936 g/mol. The Morgan fingerprint density at radius 3 is 1.66 bits per heavy atom. The number of hydrogen-bond donors (Lipinski definition) is 5. The lowest BCUT2D eigenvalue weighted by Gasteiger charge is -2.24. The highest BCUT2D eigenvalue weighted by Gasteiger charge is 2.21. The van der Waals surface area contributed by atoms with Crippen LogP contribution in [-0.4, -0.2) is 101 Å². The van der Waals surface area contributed by atoms with Crippen molar-refractivity contribution in [3.63, 3.8) is 0 Å². The van der Waals surface area contributed by atoms with Crippen LogP contribution in [0.3, 0.4) is 0 Å². The van der Waals surface area contributed by atoms with Crippen LogP contribution in [0.5, 0.6) is 0 Å². The minimum Gasteiger partial charge on any atom is -0.395 e. The molecule has 4 aromatic carbocycles. The van der Waals surface area contributed by atoms with Gasteiger partial charge in [-0.05, 0) is 94.4 Å². The van der Waals surface area contributed by atoms with Crippen LogP contribution in [-0.2, 0) is 10.1 Å². The van der Waals surface area contributed by atoms with Crippen LogP contribution >= 0.6 is 45.9 Å². The number of fused-ring (bicyclic) bond motifs is 2. The Morgan fingerprint density at radius 1 is 0.615 bits per heavy atom. The summed E-state index contributed by atoms with van der Waals surface area (Å²) in [6.45, 7) is 10.8. The summed E-state index contributed by atoms with van der Waals surface area (Å²) in [7, 11) is -4.64. The summed E-state index contributed by atoms with van der Waals surface area (Å²) in [5.74, 6) is 0.331. The van der Waals surface area contributed by atoms with Gasteiger partial charge in [-0.1, -0.05) is 45.9 Å².